The van der Waals surface area contributed by atoms with Crippen LogP contribution >= 0.6 is 0 Å². The normalized spacial score (nSPS) is 12.2. The number of Topliss-reactive ketones (excluding diaryl/α,β-unsaturated/α-hetero) is 1. The van der Waals surface area contributed by atoms with E-state index in [2.05, 4.69) is 10.2 Å². The van der Waals surface area contributed by atoms with E-state index in [0.29, 0.717) is 143 Å². The van der Waals surface area contributed by atoms with Gasteiger partial charge in [0.1, 0.15) is 12.3 Å². The van der Waals surface area contributed by atoms with Gasteiger partial charge in [0.15, 0.2) is 0 Å². The molecule has 0 aromatic heterocycles. The van der Waals surface area contributed by atoms with Crippen LogP contribution in [-0.2, 0) is 54.4 Å². The third-order valence-electron chi connectivity index (χ3n) is 16.8. The van der Waals surface area contributed by atoms with E-state index in [1.54, 1.807) is 0 Å². The molecule has 96 heavy (non-hydrogen) atoms. The van der Waals surface area contributed by atoms with E-state index in [4.69, 9.17) is 39.1 Å². The second kappa shape index (κ2) is 48.4. The van der Waals surface area contributed by atoms with Gasteiger partial charge in [-0.05, 0) is 146 Å². The minimum absolute atomic E-state index is 0.0116. The number of rotatable bonds is 51. The lowest BCUT2D eigenvalue weighted by molar-refractivity contribution is -0.149. The van der Waals surface area contributed by atoms with E-state index in [9.17, 15) is 28.8 Å². The summed E-state index contributed by atoms with van der Waals surface area (Å²) in [5, 5.41) is 3.17. The van der Waals surface area contributed by atoms with Gasteiger partial charge in [-0.25, -0.2) is 0 Å². The summed E-state index contributed by atoms with van der Waals surface area (Å²) in [6.07, 6.45) is 6.42. The molecule has 0 radical (unpaired) electrons. The second-order valence-corrected chi connectivity index (χ2v) is 24.6. The molecule has 8 amide bonds. The van der Waals surface area contributed by atoms with Crippen molar-refractivity contribution in [3.63, 3.8) is 0 Å². The molecule has 0 atom stereocenters. The highest BCUT2D eigenvalue weighted by atomic mass is 16.5. The lowest BCUT2D eigenvalue weighted by atomic mass is 9.90. The number of carbonyl (C=O) groups is 9. The molecule has 534 valence electrons. The van der Waals surface area contributed by atoms with Gasteiger partial charge in [-0.15, -0.1) is 0 Å². The van der Waals surface area contributed by atoms with Crippen LogP contribution < -0.4 is 39.7 Å². The lowest BCUT2D eigenvalue weighted by Gasteiger charge is -2.34. The van der Waals surface area contributed by atoms with E-state index >= 15 is 14.4 Å². The number of nitrogens with one attached hydrogen (secondary N) is 1. The number of hydrogen-bond donors (Lipinski definition) is 7. The standard InChI is InChI=1S/C70H114N16O10/c1-58(87)48-84(42-41-78-43-45-96-46-44-78)67(92)54-80(37-19-13-31-73)65(90)53-82(39-21-15-33-75)69(94)57-86(50-62(60-25-7-3-8-26-60)61-27-9-4-10-28-61)70(95)55-83(40-22-16-34-76)66(91)51-79(36-18-12-30-72)64(89)52-81(38-20-14-32-74)68(93)56-85(49-59-23-5-2-6-24-59)63(88)47-77-35-17-11-29-71/h2-10,23-28,62,77H,11-22,29-57,71-76H2,1H3. The third kappa shape index (κ3) is 31.7. The number of amides is 8. The Labute approximate surface area is 570 Å². The summed E-state index contributed by atoms with van der Waals surface area (Å²) in [7, 11) is 0. The van der Waals surface area contributed by atoms with Crippen LogP contribution in [0.2, 0.25) is 0 Å². The minimum atomic E-state index is -0.579. The number of ether oxygens (including phenoxy) is 1. The molecule has 0 spiro atoms. The third-order valence-corrected chi connectivity index (χ3v) is 16.8. The lowest BCUT2D eigenvalue weighted by Crippen LogP contribution is -2.53. The molecule has 3 aromatic rings. The van der Waals surface area contributed by atoms with Crippen molar-refractivity contribution in [2.45, 2.75) is 96.4 Å². The van der Waals surface area contributed by atoms with Crippen LogP contribution in [0.25, 0.3) is 0 Å². The number of benzene rings is 3. The molecule has 0 saturated carbocycles. The molecule has 1 saturated heterocycles. The van der Waals surface area contributed by atoms with E-state index in [0.717, 1.165) is 29.5 Å². The SMILES string of the molecule is CC(=O)CN(CCN1CCOCC1)C(=O)CN(CCCCN)C(=O)CN(CCCCN)C(=O)CN(CC(c1ccccc1)c1ccccc1)C(=O)CN(CCCCN)C(=O)CN(CCCCN)C(=O)CN(CCCCN)C(=O)CN(Cc1ccccc1)C(=O)CNCCCCN. The predicted molar refractivity (Wildman–Crippen MR) is 373 cm³/mol. The van der Waals surface area contributed by atoms with Crippen LogP contribution in [0.3, 0.4) is 0 Å². The van der Waals surface area contributed by atoms with Crippen LogP contribution in [-0.4, -0.2) is 281 Å². The summed E-state index contributed by atoms with van der Waals surface area (Å²) in [5.74, 6) is -4.60. The van der Waals surface area contributed by atoms with Gasteiger partial charge >= 0.3 is 0 Å². The molecule has 1 fully saturated rings. The summed E-state index contributed by atoms with van der Waals surface area (Å²) >= 11 is 0. The average Bonchev–Trinajstić information content (AvgIpc) is 0.874. The number of nitrogens with two attached hydrogens (primary N) is 6. The summed E-state index contributed by atoms with van der Waals surface area (Å²) in [4.78, 5) is 144. The second-order valence-electron chi connectivity index (χ2n) is 24.6. The molecule has 26 nitrogen and oxygen atoms in total. The summed E-state index contributed by atoms with van der Waals surface area (Å²) in [6, 6.07) is 28.4. The van der Waals surface area contributed by atoms with Gasteiger partial charge in [0.2, 0.25) is 47.3 Å². The maximum Gasteiger partial charge on any atom is 0.242 e. The first-order chi connectivity index (χ1) is 46.5. The number of hydrogen-bond acceptors (Lipinski definition) is 18. The van der Waals surface area contributed by atoms with Gasteiger partial charge in [-0.3, -0.25) is 48.1 Å². The maximum absolute atomic E-state index is 15.5. The molecule has 0 bridgehead atoms. The monoisotopic (exact) mass is 1340 g/mol. The fraction of sp³-hybridized carbons (Fsp3) is 0.614. The van der Waals surface area contributed by atoms with Crippen molar-refractivity contribution in [2.24, 2.45) is 34.4 Å². The van der Waals surface area contributed by atoms with Crippen LogP contribution in [0.15, 0.2) is 91.0 Å². The summed E-state index contributed by atoms with van der Waals surface area (Å²) in [6.45, 7) is 4.96. The molecule has 4 rings (SSSR count). The molecule has 13 N–H and O–H groups in total. The average molecular weight is 1340 g/mol. The molecule has 1 aliphatic rings. The van der Waals surface area contributed by atoms with Gasteiger partial charge in [-0.2, -0.15) is 0 Å². The number of ketones is 1. The highest BCUT2D eigenvalue weighted by Crippen LogP contribution is 2.26. The Bertz CT molecular complexity index is 2690. The quantitative estimate of drug-likeness (QED) is 0.0380. The highest BCUT2D eigenvalue weighted by Gasteiger charge is 2.33. The van der Waals surface area contributed by atoms with Gasteiger partial charge in [0, 0.05) is 77.9 Å². The van der Waals surface area contributed by atoms with E-state index in [1.807, 2.05) is 91.0 Å². The van der Waals surface area contributed by atoms with Crippen molar-refractivity contribution in [2.75, 3.05) is 183 Å². The largest absolute Gasteiger partial charge is 0.379 e. The zero-order chi connectivity index (χ0) is 69.7. The summed E-state index contributed by atoms with van der Waals surface area (Å²) in [5.41, 5.74) is 38.0. The minimum Gasteiger partial charge on any atom is -0.379 e. The Hall–Kier alpha value is -7.27. The zero-order valence-electron chi connectivity index (χ0n) is 57.3. The van der Waals surface area contributed by atoms with Crippen LogP contribution in [0.4, 0.5) is 0 Å². The zero-order valence-corrected chi connectivity index (χ0v) is 57.3. The van der Waals surface area contributed by atoms with Crippen molar-refractivity contribution < 1.29 is 47.9 Å². The van der Waals surface area contributed by atoms with Crippen molar-refractivity contribution in [1.82, 2.24) is 49.4 Å². The Morgan fingerprint density at radius 1 is 0.396 bits per heavy atom. The fourth-order valence-corrected chi connectivity index (χ4v) is 11.2. The number of unbranched alkanes of at least 4 members (excludes halogenated alkanes) is 6. The van der Waals surface area contributed by atoms with Crippen molar-refractivity contribution >= 4 is 53.0 Å². The van der Waals surface area contributed by atoms with Crippen molar-refractivity contribution in [1.29, 1.82) is 0 Å². The molecule has 0 unspecified atom stereocenters. The highest BCUT2D eigenvalue weighted by molar-refractivity contribution is 5.94. The first kappa shape index (κ1) is 81.2. The first-order valence-corrected chi connectivity index (χ1v) is 34.6. The van der Waals surface area contributed by atoms with Gasteiger partial charge in [0.25, 0.3) is 0 Å². The number of carbonyl (C=O) groups excluding carboxylic acids is 9. The van der Waals surface area contributed by atoms with Crippen LogP contribution in [0.1, 0.15) is 107 Å². The predicted octanol–water partition coefficient (Wildman–Crippen LogP) is 0.592. The maximum atomic E-state index is 15.5. The van der Waals surface area contributed by atoms with Gasteiger partial charge in [-0.1, -0.05) is 91.0 Å². The Morgan fingerprint density at radius 2 is 0.719 bits per heavy atom. The van der Waals surface area contributed by atoms with Crippen molar-refractivity contribution in [3.05, 3.63) is 108 Å². The van der Waals surface area contributed by atoms with Gasteiger partial charge in [0.05, 0.1) is 65.6 Å². The Balaban J connectivity index is 1.71. The Morgan fingerprint density at radius 3 is 1.08 bits per heavy atom. The first-order valence-electron chi connectivity index (χ1n) is 34.6. The summed E-state index contributed by atoms with van der Waals surface area (Å²) < 4.78 is 5.50. The van der Waals surface area contributed by atoms with Gasteiger partial charge < -0.3 is 83.7 Å². The molecule has 0 aliphatic carbocycles. The number of morpholine rings is 1. The molecule has 1 aliphatic heterocycles. The van der Waals surface area contributed by atoms with E-state index in [1.165, 1.54) is 46.1 Å². The van der Waals surface area contributed by atoms with Crippen molar-refractivity contribution in [3.8, 4) is 0 Å². The molecular weight excluding hydrogens is 1220 g/mol. The number of nitrogens with zero attached hydrogens (tertiary/aromatic N) is 9. The molecular formula is C70H114N16O10. The van der Waals surface area contributed by atoms with E-state index < -0.39 is 80.0 Å². The van der Waals surface area contributed by atoms with Crippen LogP contribution in [0, 0.1) is 0 Å². The Kier molecular flexibility index (Phi) is 40.9. The topological polar surface area (TPSA) is 360 Å². The molecule has 3 aromatic carbocycles. The fourth-order valence-electron chi connectivity index (χ4n) is 11.2. The van der Waals surface area contributed by atoms with Crippen LogP contribution in [0.5, 0.6) is 0 Å². The smallest absolute Gasteiger partial charge is 0.242 e. The molecule has 1 heterocycles. The molecule has 26 heteroatoms. The van der Waals surface area contributed by atoms with E-state index in [-0.39, 0.29) is 90.2 Å².